The zero-order chi connectivity index (χ0) is 11.8. The van der Waals surface area contributed by atoms with Gasteiger partial charge in [0.05, 0.1) is 12.8 Å². The molecule has 1 aromatic rings. The Hall–Kier alpha value is -1.27. The first kappa shape index (κ1) is 11.2. The molecule has 1 aliphatic rings. The van der Waals surface area contributed by atoms with Gasteiger partial charge in [-0.1, -0.05) is 6.07 Å². The predicted molar refractivity (Wildman–Crippen MR) is 61.9 cm³/mol. The molecule has 0 aromatic heterocycles. The van der Waals surface area contributed by atoms with Gasteiger partial charge in [0.2, 0.25) is 0 Å². The summed E-state index contributed by atoms with van der Waals surface area (Å²) >= 11 is 0. The van der Waals surface area contributed by atoms with E-state index < -0.39 is 10.2 Å². The minimum absolute atomic E-state index is 0.478. The van der Waals surface area contributed by atoms with Gasteiger partial charge in [0.15, 0.2) is 0 Å². The van der Waals surface area contributed by atoms with Crippen molar-refractivity contribution in [2.45, 2.75) is 0 Å². The van der Waals surface area contributed by atoms with Gasteiger partial charge in [-0.05, 0) is 12.1 Å². The fourth-order valence-electron chi connectivity index (χ4n) is 1.66. The van der Waals surface area contributed by atoms with Crippen LogP contribution in [0, 0.1) is 0 Å². The van der Waals surface area contributed by atoms with Crippen molar-refractivity contribution < 1.29 is 13.2 Å². The molecule has 16 heavy (non-hydrogen) atoms. The fourth-order valence-corrected chi connectivity index (χ4v) is 3.00. The molecular formula is C10H14N2O3S. The lowest BCUT2D eigenvalue weighted by molar-refractivity contribution is 0.415. The van der Waals surface area contributed by atoms with E-state index in [4.69, 9.17) is 4.74 Å². The molecule has 1 heterocycles. The quantitative estimate of drug-likeness (QED) is 0.766. The highest BCUT2D eigenvalue weighted by atomic mass is 32.2. The van der Waals surface area contributed by atoms with Gasteiger partial charge < -0.3 is 4.74 Å². The Balaban J connectivity index is 2.38. The highest BCUT2D eigenvalue weighted by molar-refractivity contribution is 7.90. The van der Waals surface area contributed by atoms with Crippen LogP contribution in [0.15, 0.2) is 24.3 Å². The summed E-state index contributed by atoms with van der Waals surface area (Å²) in [7, 11) is -0.195. The Bertz CT molecular complexity index is 487. The van der Waals surface area contributed by atoms with Crippen LogP contribution in [0.1, 0.15) is 0 Å². The van der Waals surface area contributed by atoms with E-state index in [-0.39, 0.29) is 0 Å². The third-order valence-corrected chi connectivity index (χ3v) is 4.55. The average Bonchev–Trinajstić information content (AvgIpc) is 2.54. The van der Waals surface area contributed by atoms with E-state index in [9.17, 15) is 8.42 Å². The molecule has 0 atom stereocenters. The molecule has 0 radical (unpaired) electrons. The Morgan fingerprint density at radius 1 is 1.31 bits per heavy atom. The van der Waals surface area contributed by atoms with Gasteiger partial charge in [-0.25, -0.2) is 0 Å². The second-order valence-corrected chi connectivity index (χ2v) is 5.56. The second-order valence-electron chi connectivity index (χ2n) is 3.60. The summed E-state index contributed by atoms with van der Waals surface area (Å²) in [4.78, 5) is 0. The van der Waals surface area contributed by atoms with Crippen molar-refractivity contribution >= 4 is 15.9 Å². The summed E-state index contributed by atoms with van der Waals surface area (Å²) in [6, 6.07) is 7.05. The van der Waals surface area contributed by atoms with E-state index in [0.717, 1.165) is 0 Å². The van der Waals surface area contributed by atoms with Crippen LogP contribution >= 0.6 is 0 Å². The van der Waals surface area contributed by atoms with Crippen LogP contribution in [-0.4, -0.2) is 40.0 Å². The average molecular weight is 242 g/mol. The highest BCUT2D eigenvalue weighted by Gasteiger charge is 2.33. The number of anilines is 1. The zero-order valence-corrected chi connectivity index (χ0v) is 10.1. The lowest BCUT2D eigenvalue weighted by atomic mass is 10.3. The Morgan fingerprint density at radius 3 is 2.62 bits per heavy atom. The van der Waals surface area contributed by atoms with E-state index in [1.165, 1.54) is 8.61 Å². The van der Waals surface area contributed by atoms with Gasteiger partial charge in [-0.3, -0.25) is 4.31 Å². The summed E-state index contributed by atoms with van der Waals surface area (Å²) in [5, 5.41) is 0. The lowest BCUT2D eigenvalue weighted by Crippen LogP contribution is -2.30. The Labute approximate surface area is 95.4 Å². The largest absolute Gasteiger partial charge is 0.497 e. The van der Waals surface area contributed by atoms with Crippen LogP contribution in [0.3, 0.4) is 0 Å². The fraction of sp³-hybridized carbons (Fsp3) is 0.400. The molecule has 0 aliphatic carbocycles. The molecule has 0 bridgehead atoms. The maximum Gasteiger partial charge on any atom is 0.303 e. The Morgan fingerprint density at radius 2 is 2.06 bits per heavy atom. The number of rotatable bonds is 2. The number of hydrogen-bond donors (Lipinski definition) is 0. The van der Waals surface area contributed by atoms with Crippen LogP contribution in [0.2, 0.25) is 0 Å². The van der Waals surface area contributed by atoms with Gasteiger partial charge in [0.25, 0.3) is 0 Å². The minimum atomic E-state index is -3.33. The van der Waals surface area contributed by atoms with Gasteiger partial charge in [-0.2, -0.15) is 12.7 Å². The van der Waals surface area contributed by atoms with Crippen molar-refractivity contribution in [2.24, 2.45) is 0 Å². The molecule has 1 fully saturated rings. The summed E-state index contributed by atoms with van der Waals surface area (Å²) in [5.41, 5.74) is 0.642. The normalized spacial score (nSPS) is 20.0. The Kier molecular flexibility index (Phi) is 2.77. The van der Waals surface area contributed by atoms with Crippen molar-refractivity contribution in [3.63, 3.8) is 0 Å². The molecule has 2 rings (SSSR count). The van der Waals surface area contributed by atoms with E-state index in [0.29, 0.717) is 24.5 Å². The SMILES string of the molecule is COc1cccc(N2CCN(C)S2(=O)=O)c1. The topological polar surface area (TPSA) is 49.9 Å². The monoisotopic (exact) mass is 242 g/mol. The molecule has 1 saturated heterocycles. The summed E-state index contributed by atoms with van der Waals surface area (Å²) in [6.45, 7) is 0.992. The number of hydrogen-bond acceptors (Lipinski definition) is 3. The molecule has 5 nitrogen and oxygen atoms in total. The molecule has 6 heteroatoms. The van der Waals surface area contributed by atoms with E-state index in [1.807, 2.05) is 0 Å². The summed E-state index contributed by atoms with van der Waals surface area (Å²) in [5.74, 6) is 0.655. The second kappa shape index (κ2) is 3.95. The van der Waals surface area contributed by atoms with Gasteiger partial charge in [0.1, 0.15) is 5.75 Å². The molecule has 88 valence electrons. The first-order valence-corrected chi connectivity index (χ1v) is 6.33. The summed E-state index contributed by atoms with van der Waals surface area (Å²) < 4.78 is 31.6. The van der Waals surface area contributed by atoms with Crippen LogP contribution < -0.4 is 9.04 Å². The molecule has 0 saturated carbocycles. The number of nitrogens with zero attached hydrogens (tertiary/aromatic N) is 2. The van der Waals surface area contributed by atoms with E-state index >= 15 is 0 Å². The molecule has 1 aliphatic heterocycles. The van der Waals surface area contributed by atoms with Crippen molar-refractivity contribution in [3.05, 3.63) is 24.3 Å². The standard InChI is InChI=1S/C10H14N2O3S/c1-11-6-7-12(16(11,13)14)9-4-3-5-10(8-9)15-2/h3-5,8H,6-7H2,1-2H3. The molecule has 0 amide bonds. The number of benzene rings is 1. The molecule has 0 spiro atoms. The van der Waals surface area contributed by atoms with Gasteiger partial charge >= 0.3 is 10.2 Å². The predicted octanol–water partition coefficient (Wildman–Crippen LogP) is 0.692. The molecular weight excluding hydrogens is 228 g/mol. The van der Waals surface area contributed by atoms with E-state index in [2.05, 4.69) is 0 Å². The lowest BCUT2D eigenvalue weighted by Gasteiger charge is -2.18. The van der Waals surface area contributed by atoms with Gasteiger partial charge in [0, 0.05) is 26.2 Å². The van der Waals surface area contributed by atoms with Crippen LogP contribution in [0.5, 0.6) is 5.75 Å². The van der Waals surface area contributed by atoms with Crippen molar-refractivity contribution in [1.29, 1.82) is 0 Å². The number of ether oxygens (including phenoxy) is 1. The zero-order valence-electron chi connectivity index (χ0n) is 9.25. The third-order valence-electron chi connectivity index (χ3n) is 2.63. The van der Waals surface area contributed by atoms with Gasteiger partial charge in [-0.15, -0.1) is 0 Å². The first-order valence-electron chi connectivity index (χ1n) is 4.94. The van der Waals surface area contributed by atoms with Crippen molar-refractivity contribution in [2.75, 3.05) is 31.6 Å². The van der Waals surface area contributed by atoms with E-state index in [1.54, 1.807) is 38.4 Å². The minimum Gasteiger partial charge on any atom is -0.497 e. The van der Waals surface area contributed by atoms with Crippen LogP contribution in [-0.2, 0) is 10.2 Å². The molecule has 1 aromatic carbocycles. The maximum atomic E-state index is 11.9. The molecule has 0 N–H and O–H groups in total. The first-order chi connectivity index (χ1) is 7.55. The number of likely N-dealkylation sites (N-methyl/N-ethyl adjacent to an activating group) is 1. The van der Waals surface area contributed by atoms with Crippen LogP contribution in [0.4, 0.5) is 5.69 Å². The highest BCUT2D eigenvalue weighted by Crippen LogP contribution is 2.27. The van der Waals surface area contributed by atoms with Crippen LogP contribution in [0.25, 0.3) is 0 Å². The smallest absolute Gasteiger partial charge is 0.303 e. The number of methoxy groups -OCH3 is 1. The molecule has 0 unspecified atom stereocenters. The maximum absolute atomic E-state index is 11.9. The third kappa shape index (κ3) is 1.74. The summed E-state index contributed by atoms with van der Waals surface area (Å²) in [6.07, 6.45) is 0. The van der Waals surface area contributed by atoms with Crippen molar-refractivity contribution in [3.8, 4) is 5.75 Å². The van der Waals surface area contributed by atoms with Crippen molar-refractivity contribution in [1.82, 2.24) is 4.31 Å².